The van der Waals surface area contributed by atoms with E-state index in [1.807, 2.05) is 73.3 Å². The summed E-state index contributed by atoms with van der Waals surface area (Å²) in [6, 6.07) is 17.6. The van der Waals surface area contributed by atoms with E-state index in [4.69, 9.17) is 0 Å². The lowest BCUT2D eigenvalue weighted by Crippen LogP contribution is -2.20. The standard InChI is InChI=1S/C20H20N4O/c1-3-24(18-7-5-4-6-8-18)20-21-13-16(14-22-20)19(25)23-17-11-9-15(2)10-12-17/h4-14H,3H2,1-2H3,(H,23,25). The van der Waals surface area contributed by atoms with Gasteiger partial charge in [0.2, 0.25) is 5.95 Å². The highest BCUT2D eigenvalue weighted by molar-refractivity contribution is 6.03. The minimum Gasteiger partial charge on any atom is -0.322 e. The van der Waals surface area contributed by atoms with Crippen LogP contribution in [-0.2, 0) is 0 Å². The van der Waals surface area contributed by atoms with Crippen molar-refractivity contribution in [3.05, 3.63) is 78.1 Å². The summed E-state index contributed by atoms with van der Waals surface area (Å²) >= 11 is 0. The van der Waals surface area contributed by atoms with Gasteiger partial charge in [-0.25, -0.2) is 9.97 Å². The molecule has 0 saturated heterocycles. The van der Waals surface area contributed by atoms with Crippen LogP contribution in [0.3, 0.4) is 0 Å². The van der Waals surface area contributed by atoms with Crippen LogP contribution in [0.25, 0.3) is 0 Å². The van der Waals surface area contributed by atoms with Crippen molar-refractivity contribution in [1.29, 1.82) is 0 Å². The second-order valence-electron chi connectivity index (χ2n) is 5.67. The summed E-state index contributed by atoms with van der Waals surface area (Å²) in [7, 11) is 0. The van der Waals surface area contributed by atoms with E-state index in [0.717, 1.165) is 23.5 Å². The topological polar surface area (TPSA) is 58.1 Å². The van der Waals surface area contributed by atoms with Crippen LogP contribution < -0.4 is 10.2 Å². The van der Waals surface area contributed by atoms with E-state index in [0.29, 0.717) is 11.5 Å². The van der Waals surface area contributed by atoms with E-state index in [1.54, 1.807) is 12.4 Å². The molecule has 0 aliphatic carbocycles. The summed E-state index contributed by atoms with van der Waals surface area (Å²) in [5, 5.41) is 2.85. The van der Waals surface area contributed by atoms with Crippen molar-refractivity contribution >= 4 is 23.2 Å². The molecule has 0 fully saturated rings. The minimum absolute atomic E-state index is 0.224. The third kappa shape index (κ3) is 4.01. The Labute approximate surface area is 147 Å². The van der Waals surface area contributed by atoms with Gasteiger partial charge in [-0.1, -0.05) is 35.9 Å². The Balaban J connectivity index is 1.75. The molecule has 0 aliphatic rings. The van der Waals surface area contributed by atoms with Crippen LogP contribution >= 0.6 is 0 Å². The molecule has 1 heterocycles. The van der Waals surface area contributed by atoms with Gasteiger partial charge in [0, 0.05) is 30.3 Å². The van der Waals surface area contributed by atoms with Crippen molar-refractivity contribution in [2.45, 2.75) is 13.8 Å². The average Bonchev–Trinajstić information content (AvgIpc) is 2.66. The highest BCUT2D eigenvalue weighted by Gasteiger charge is 2.12. The lowest BCUT2D eigenvalue weighted by molar-refractivity contribution is 0.102. The molecule has 2 aromatic carbocycles. The summed E-state index contributed by atoms with van der Waals surface area (Å²) in [6.07, 6.45) is 3.11. The van der Waals surface area contributed by atoms with Gasteiger partial charge in [-0.2, -0.15) is 0 Å². The molecule has 0 atom stereocenters. The van der Waals surface area contributed by atoms with Gasteiger partial charge in [0.15, 0.2) is 0 Å². The molecule has 5 heteroatoms. The maximum atomic E-state index is 12.3. The molecule has 1 amide bonds. The maximum absolute atomic E-state index is 12.3. The first kappa shape index (κ1) is 16.6. The number of nitrogens with one attached hydrogen (secondary N) is 1. The first-order valence-corrected chi connectivity index (χ1v) is 8.20. The molecule has 5 nitrogen and oxygen atoms in total. The largest absolute Gasteiger partial charge is 0.322 e. The molecule has 3 rings (SSSR count). The van der Waals surface area contributed by atoms with Crippen LogP contribution in [0, 0.1) is 6.92 Å². The van der Waals surface area contributed by atoms with Gasteiger partial charge in [-0.15, -0.1) is 0 Å². The second-order valence-corrected chi connectivity index (χ2v) is 5.67. The predicted molar refractivity (Wildman–Crippen MR) is 100 cm³/mol. The van der Waals surface area contributed by atoms with Crippen LogP contribution in [0.5, 0.6) is 0 Å². The highest BCUT2D eigenvalue weighted by Crippen LogP contribution is 2.21. The molecular formula is C20H20N4O. The van der Waals surface area contributed by atoms with Crippen molar-refractivity contribution in [3.8, 4) is 0 Å². The van der Waals surface area contributed by atoms with Crippen molar-refractivity contribution in [2.24, 2.45) is 0 Å². The molecular weight excluding hydrogens is 312 g/mol. The summed E-state index contributed by atoms with van der Waals surface area (Å²) < 4.78 is 0. The maximum Gasteiger partial charge on any atom is 0.258 e. The number of para-hydroxylation sites is 1. The van der Waals surface area contributed by atoms with Crippen molar-refractivity contribution < 1.29 is 4.79 Å². The zero-order valence-corrected chi connectivity index (χ0v) is 14.3. The van der Waals surface area contributed by atoms with Gasteiger partial charge in [-0.3, -0.25) is 4.79 Å². The third-order valence-corrected chi connectivity index (χ3v) is 3.84. The van der Waals surface area contributed by atoms with Gasteiger partial charge in [-0.05, 0) is 38.1 Å². The number of rotatable bonds is 5. The van der Waals surface area contributed by atoms with E-state index in [-0.39, 0.29) is 5.91 Å². The van der Waals surface area contributed by atoms with E-state index >= 15 is 0 Å². The lowest BCUT2D eigenvalue weighted by Gasteiger charge is -2.20. The van der Waals surface area contributed by atoms with E-state index in [2.05, 4.69) is 15.3 Å². The van der Waals surface area contributed by atoms with E-state index in [1.165, 1.54) is 0 Å². The normalized spacial score (nSPS) is 10.3. The fourth-order valence-corrected chi connectivity index (χ4v) is 2.47. The number of hydrogen-bond donors (Lipinski definition) is 1. The van der Waals surface area contributed by atoms with Crippen molar-refractivity contribution in [2.75, 3.05) is 16.8 Å². The Hall–Kier alpha value is -3.21. The molecule has 1 N–H and O–H groups in total. The van der Waals surface area contributed by atoms with Gasteiger partial charge in [0.05, 0.1) is 5.56 Å². The Kier molecular flexibility index (Phi) is 5.04. The first-order valence-electron chi connectivity index (χ1n) is 8.20. The van der Waals surface area contributed by atoms with Crippen molar-refractivity contribution in [1.82, 2.24) is 9.97 Å². The number of nitrogens with zero attached hydrogens (tertiary/aromatic N) is 3. The Bertz CT molecular complexity index is 830. The minimum atomic E-state index is -0.224. The van der Waals surface area contributed by atoms with Gasteiger partial charge < -0.3 is 10.2 Å². The Morgan fingerprint density at radius 2 is 1.64 bits per heavy atom. The molecule has 126 valence electrons. The highest BCUT2D eigenvalue weighted by atomic mass is 16.1. The summed E-state index contributed by atoms with van der Waals surface area (Å²) in [4.78, 5) is 23.0. The molecule has 1 aromatic heterocycles. The third-order valence-electron chi connectivity index (χ3n) is 3.84. The first-order chi connectivity index (χ1) is 12.2. The van der Waals surface area contributed by atoms with Gasteiger partial charge in [0.25, 0.3) is 5.91 Å². The zero-order chi connectivity index (χ0) is 17.6. The van der Waals surface area contributed by atoms with E-state index in [9.17, 15) is 4.79 Å². The number of amides is 1. The quantitative estimate of drug-likeness (QED) is 0.761. The zero-order valence-electron chi connectivity index (χ0n) is 14.3. The predicted octanol–water partition coefficient (Wildman–Crippen LogP) is 4.20. The molecule has 25 heavy (non-hydrogen) atoms. The average molecular weight is 332 g/mol. The fraction of sp³-hybridized carbons (Fsp3) is 0.150. The molecule has 0 saturated carbocycles. The fourth-order valence-electron chi connectivity index (χ4n) is 2.47. The SMILES string of the molecule is CCN(c1ccccc1)c1ncc(C(=O)Nc2ccc(C)cc2)cn1. The van der Waals surface area contributed by atoms with Crippen LogP contribution in [-0.4, -0.2) is 22.4 Å². The van der Waals surface area contributed by atoms with Crippen LogP contribution in [0.15, 0.2) is 67.0 Å². The Morgan fingerprint density at radius 1 is 1.00 bits per heavy atom. The number of aryl methyl sites for hydroxylation is 1. The lowest BCUT2D eigenvalue weighted by atomic mass is 10.2. The molecule has 0 unspecified atom stereocenters. The smallest absolute Gasteiger partial charge is 0.258 e. The van der Waals surface area contributed by atoms with E-state index < -0.39 is 0 Å². The number of benzene rings is 2. The second kappa shape index (κ2) is 7.57. The van der Waals surface area contributed by atoms with Crippen LogP contribution in [0.1, 0.15) is 22.8 Å². The molecule has 0 bridgehead atoms. The molecule has 3 aromatic rings. The van der Waals surface area contributed by atoms with Gasteiger partial charge >= 0.3 is 0 Å². The number of aromatic nitrogens is 2. The molecule has 0 spiro atoms. The monoisotopic (exact) mass is 332 g/mol. The summed E-state index contributed by atoms with van der Waals surface area (Å²) in [5.41, 5.74) is 3.33. The van der Waals surface area contributed by atoms with Crippen molar-refractivity contribution in [3.63, 3.8) is 0 Å². The number of carbonyl (C=O) groups excluding carboxylic acids is 1. The molecule has 0 aliphatic heterocycles. The van der Waals surface area contributed by atoms with Gasteiger partial charge in [0.1, 0.15) is 0 Å². The number of carbonyl (C=O) groups is 1. The Morgan fingerprint density at radius 3 is 2.24 bits per heavy atom. The number of anilines is 3. The number of hydrogen-bond acceptors (Lipinski definition) is 4. The van der Waals surface area contributed by atoms with Crippen LogP contribution in [0.2, 0.25) is 0 Å². The summed E-state index contributed by atoms with van der Waals surface area (Å²) in [5.74, 6) is 0.346. The molecule has 0 radical (unpaired) electrons. The summed E-state index contributed by atoms with van der Waals surface area (Å²) in [6.45, 7) is 4.78. The van der Waals surface area contributed by atoms with Crippen LogP contribution in [0.4, 0.5) is 17.3 Å².